The Kier molecular flexibility index (Phi) is 5.42. The second-order valence-corrected chi connectivity index (χ2v) is 7.77. The smallest absolute Gasteiger partial charge is 0.270 e. The van der Waals surface area contributed by atoms with Gasteiger partial charge < -0.3 is 10.1 Å². The van der Waals surface area contributed by atoms with Crippen LogP contribution in [0.15, 0.2) is 73.1 Å². The molecule has 1 aliphatic heterocycles. The highest BCUT2D eigenvalue weighted by Gasteiger charge is 2.27. The summed E-state index contributed by atoms with van der Waals surface area (Å²) in [5.41, 5.74) is 6.51. The number of hydrogen-bond acceptors (Lipinski definition) is 4. The Morgan fingerprint density at radius 3 is 2.56 bits per heavy atom. The van der Waals surface area contributed by atoms with Gasteiger partial charge in [-0.05, 0) is 47.4 Å². The van der Waals surface area contributed by atoms with Crippen LogP contribution in [0.4, 0.5) is 0 Å². The zero-order valence-corrected chi connectivity index (χ0v) is 17.9. The summed E-state index contributed by atoms with van der Waals surface area (Å²) in [6.07, 6.45) is 4.48. The van der Waals surface area contributed by atoms with Crippen LogP contribution in [0.3, 0.4) is 0 Å². The summed E-state index contributed by atoms with van der Waals surface area (Å²) >= 11 is 0. The number of carbonyl (C=O) groups is 1. The molecular formula is C26H24N4O2. The molecule has 1 aliphatic rings. The summed E-state index contributed by atoms with van der Waals surface area (Å²) < 4.78 is 7.80. The first-order valence-electron chi connectivity index (χ1n) is 10.8. The van der Waals surface area contributed by atoms with E-state index in [-0.39, 0.29) is 5.91 Å². The molecular weight excluding hydrogens is 400 g/mol. The Hall–Kier alpha value is -3.93. The number of amides is 1. The number of hydrogen-bond donors (Lipinski definition) is 1. The number of aromatic nitrogens is 3. The summed E-state index contributed by atoms with van der Waals surface area (Å²) in [5, 5.41) is 7.69. The zero-order valence-electron chi connectivity index (χ0n) is 17.9. The van der Waals surface area contributed by atoms with E-state index in [9.17, 15) is 4.79 Å². The molecule has 0 spiro atoms. The van der Waals surface area contributed by atoms with Gasteiger partial charge in [0.2, 0.25) is 0 Å². The van der Waals surface area contributed by atoms with Crippen molar-refractivity contribution in [2.75, 3.05) is 6.54 Å². The van der Waals surface area contributed by atoms with Crippen LogP contribution >= 0.6 is 0 Å². The van der Waals surface area contributed by atoms with Crippen molar-refractivity contribution in [1.82, 2.24) is 20.1 Å². The van der Waals surface area contributed by atoms with E-state index in [1.165, 1.54) is 5.56 Å². The number of benzene rings is 2. The van der Waals surface area contributed by atoms with Gasteiger partial charge in [0.05, 0.1) is 6.54 Å². The molecule has 3 heterocycles. The standard InChI is InChI=1S/C26H24N4O2/c1-2-18-4-3-5-19(16-18)17-32-22-8-6-20(7-9-22)23-24(21-10-12-27-13-11-21)29-30-15-14-28-26(31)25(23)30/h3-13,16H,2,14-15,17H2,1H3,(H,28,31). The molecule has 2 aromatic carbocycles. The summed E-state index contributed by atoms with van der Waals surface area (Å²) in [6.45, 7) is 3.89. The number of pyridine rings is 1. The van der Waals surface area contributed by atoms with E-state index in [4.69, 9.17) is 9.84 Å². The third-order valence-electron chi connectivity index (χ3n) is 5.68. The third kappa shape index (κ3) is 3.87. The predicted octanol–water partition coefficient (Wildman–Crippen LogP) is 4.50. The molecule has 6 nitrogen and oxygen atoms in total. The first-order valence-corrected chi connectivity index (χ1v) is 10.8. The Balaban J connectivity index is 1.46. The largest absolute Gasteiger partial charge is 0.489 e. The molecule has 0 fully saturated rings. The molecule has 0 bridgehead atoms. The van der Waals surface area contributed by atoms with Crippen LogP contribution in [0.1, 0.15) is 28.5 Å². The first-order chi connectivity index (χ1) is 15.7. The van der Waals surface area contributed by atoms with Gasteiger partial charge in [-0.1, -0.05) is 43.3 Å². The molecule has 32 heavy (non-hydrogen) atoms. The van der Waals surface area contributed by atoms with Crippen LogP contribution in [-0.2, 0) is 19.6 Å². The number of ether oxygens (including phenoxy) is 1. The molecule has 2 aromatic heterocycles. The van der Waals surface area contributed by atoms with Crippen molar-refractivity contribution in [3.8, 4) is 28.1 Å². The van der Waals surface area contributed by atoms with Gasteiger partial charge in [0.1, 0.15) is 23.7 Å². The second-order valence-electron chi connectivity index (χ2n) is 7.77. The Morgan fingerprint density at radius 2 is 1.78 bits per heavy atom. The third-order valence-corrected chi connectivity index (χ3v) is 5.68. The van der Waals surface area contributed by atoms with Crippen LogP contribution in [0.5, 0.6) is 5.75 Å². The van der Waals surface area contributed by atoms with E-state index >= 15 is 0 Å². The highest BCUT2D eigenvalue weighted by atomic mass is 16.5. The van der Waals surface area contributed by atoms with Crippen molar-refractivity contribution in [3.63, 3.8) is 0 Å². The van der Waals surface area contributed by atoms with E-state index in [1.54, 1.807) is 17.1 Å². The molecule has 0 saturated heterocycles. The van der Waals surface area contributed by atoms with Gasteiger partial charge in [-0.25, -0.2) is 0 Å². The highest BCUT2D eigenvalue weighted by molar-refractivity contribution is 6.03. The van der Waals surface area contributed by atoms with E-state index < -0.39 is 0 Å². The minimum absolute atomic E-state index is 0.102. The van der Waals surface area contributed by atoms with Crippen LogP contribution in [0.25, 0.3) is 22.4 Å². The lowest BCUT2D eigenvalue weighted by Crippen LogP contribution is -2.35. The van der Waals surface area contributed by atoms with Crippen LogP contribution < -0.4 is 10.1 Å². The summed E-state index contributed by atoms with van der Waals surface area (Å²) in [4.78, 5) is 16.8. The molecule has 5 rings (SSSR count). The molecule has 0 unspecified atom stereocenters. The number of aryl methyl sites for hydroxylation is 1. The predicted molar refractivity (Wildman–Crippen MR) is 123 cm³/mol. The highest BCUT2D eigenvalue weighted by Crippen LogP contribution is 2.36. The van der Waals surface area contributed by atoms with E-state index in [0.29, 0.717) is 25.4 Å². The van der Waals surface area contributed by atoms with Crippen molar-refractivity contribution in [2.45, 2.75) is 26.5 Å². The maximum absolute atomic E-state index is 12.7. The van der Waals surface area contributed by atoms with Crippen molar-refractivity contribution in [2.24, 2.45) is 0 Å². The van der Waals surface area contributed by atoms with Gasteiger partial charge in [-0.2, -0.15) is 5.10 Å². The minimum Gasteiger partial charge on any atom is -0.489 e. The zero-order chi connectivity index (χ0) is 21.9. The number of carbonyl (C=O) groups excluding carboxylic acids is 1. The van der Waals surface area contributed by atoms with Crippen LogP contribution in [0.2, 0.25) is 0 Å². The lowest BCUT2D eigenvalue weighted by molar-refractivity contribution is 0.0925. The van der Waals surface area contributed by atoms with Gasteiger partial charge in [-0.15, -0.1) is 0 Å². The Labute approximate surface area is 186 Å². The molecule has 0 saturated carbocycles. The van der Waals surface area contributed by atoms with Crippen molar-refractivity contribution >= 4 is 5.91 Å². The fraction of sp³-hybridized carbons (Fsp3) is 0.192. The fourth-order valence-electron chi connectivity index (χ4n) is 4.02. The van der Waals surface area contributed by atoms with E-state index in [1.807, 2.05) is 36.4 Å². The molecule has 4 aromatic rings. The summed E-state index contributed by atoms with van der Waals surface area (Å²) in [6, 6.07) is 20.1. The molecule has 1 amide bonds. The first kappa shape index (κ1) is 20.0. The van der Waals surface area contributed by atoms with Gasteiger partial charge in [0.25, 0.3) is 5.91 Å². The Morgan fingerprint density at radius 1 is 1.00 bits per heavy atom. The molecule has 1 N–H and O–H groups in total. The maximum Gasteiger partial charge on any atom is 0.270 e. The number of nitrogens with one attached hydrogen (secondary N) is 1. The molecule has 6 heteroatoms. The lowest BCUT2D eigenvalue weighted by Gasteiger charge is -2.15. The van der Waals surface area contributed by atoms with Gasteiger partial charge in [-0.3, -0.25) is 14.5 Å². The van der Waals surface area contributed by atoms with Crippen LogP contribution in [0, 0.1) is 0 Å². The van der Waals surface area contributed by atoms with Crippen molar-refractivity contribution in [3.05, 3.63) is 89.9 Å². The van der Waals surface area contributed by atoms with Gasteiger partial charge in [0.15, 0.2) is 0 Å². The lowest BCUT2D eigenvalue weighted by atomic mass is 9.98. The molecule has 0 atom stereocenters. The topological polar surface area (TPSA) is 69.0 Å². The average molecular weight is 425 g/mol. The van der Waals surface area contributed by atoms with Crippen LogP contribution in [-0.4, -0.2) is 27.2 Å². The number of rotatable bonds is 6. The normalized spacial score (nSPS) is 12.8. The Bertz CT molecular complexity index is 1250. The SMILES string of the molecule is CCc1cccc(COc2ccc(-c3c(-c4ccncc4)nn4c3C(=O)NCC4)cc2)c1. The fourth-order valence-corrected chi connectivity index (χ4v) is 4.02. The van der Waals surface area contributed by atoms with Gasteiger partial charge >= 0.3 is 0 Å². The van der Waals surface area contributed by atoms with Crippen molar-refractivity contribution in [1.29, 1.82) is 0 Å². The maximum atomic E-state index is 12.7. The molecule has 0 aliphatic carbocycles. The van der Waals surface area contributed by atoms with E-state index in [0.717, 1.165) is 40.1 Å². The average Bonchev–Trinajstić information content (AvgIpc) is 3.25. The number of nitrogens with zero attached hydrogens (tertiary/aromatic N) is 3. The van der Waals surface area contributed by atoms with Crippen molar-refractivity contribution < 1.29 is 9.53 Å². The molecule has 160 valence electrons. The minimum atomic E-state index is -0.102. The van der Waals surface area contributed by atoms with E-state index in [2.05, 4.69) is 41.5 Å². The quantitative estimate of drug-likeness (QED) is 0.495. The summed E-state index contributed by atoms with van der Waals surface area (Å²) in [7, 11) is 0. The summed E-state index contributed by atoms with van der Waals surface area (Å²) in [5.74, 6) is 0.682. The van der Waals surface area contributed by atoms with Gasteiger partial charge in [0, 0.05) is 30.1 Å². The monoisotopic (exact) mass is 424 g/mol. The number of fused-ring (bicyclic) bond motifs is 1. The second kappa shape index (κ2) is 8.67. The molecule has 0 radical (unpaired) electrons.